The van der Waals surface area contributed by atoms with Gasteiger partial charge in [-0.05, 0) is 55.8 Å². The van der Waals surface area contributed by atoms with Crippen LogP contribution in [0.4, 0.5) is 11.4 Å². The van der Waals surface area contributed by atoms with Crippen LogP contribution in [0.25, 0.3) is 0 Å². The quantitative estimate of drug-likeness (QED) is 0.654. The van der Waals surface area contributed by atoms with Gasteiger partial charge in [0.05, 0.1) is 19.3 Å². The monoisotopic (exact) mass is 457 g/mol. The lowest BCUT2D eigenvalue weighted by molar-refractivity contribution is -0.117. The minimum absolute atomic E-state index is 0. The van der Waals surface area contributed by atoms with E-state index in [0.717, 1.165) is 49.8 Å². The second-order valence-electron chi connectivity index (χ2n) is 8.52. The zero-order chi connectivity index (χ0) is 21.5. The van der Waals surface area contributed by atoms with Crippen molar-refractivity contribution in [1.82, 2.24) is 9.80 Å². The van der Waals surface area contributed by atoms with Crippen LogP contribution in [-0.2, 0) is 11.3 Å². The third kappa shape index (κ3) is 6.61. The fraction of sp³-hybridized carbons (Fsp3) is 0.480. The summed E-state index contributed by atoms with van der Waals surface area (Å²) in [5, 5.41) is 3.05. The van der Waals surface area contributed by atoms with Gasteiger partial charge in [0.2, 0.25) is 5.91 Å². The van der Waals surface area contributed by atoms with Gasteiger partial charge >= 0.3 is 0 Å². The van der Waals surface area contributed by atoms with E-state index in [9.17, 15) is 4.79 Å². The Hall–Kier alpha value is -2.28. The highest BCUT2D eigenvalue weighted by Gasteiger charge is 2.21. The zero-order valence-corrected chi connectivity index (χ0v) is 19.7. The van der Waals surface area contributed by atoms with E-state index >= 15 is 0 Å². The summed E-state index contributed by atoms with van der Waals surface area (Å²) in [6, 6.07) is 16.4. The second kappa shape index (κ2) is 12.1. The molecule has 1 N–H and O–H groups in total. The van der Waals surface area contributed by atoms with Crippen LogP contribution in [0, 0.1) is 0 Å². The molecule has 6 nitrogen and oxygen atoms in total. The van der Waals surface area contributed by atoms with Crippen LogP contribution in [0.15, 0.2) is 48.5 Å². The van der Waals surface area contributed by atoms with Gasteiger partial charge in [-0.1, -0.05) is 30.7 Å². The van der Waals surface area contributed by atoms with Gasteiger partial charge < -0.3 is 27.4 Å². The van der Waals surface area contributed by atoms with Crippen molar-refractivity contribution < 1.29 is 21.9 Å². The lowest BCUT2D eigenvalue weighted by Crippen LogP contribution is -3.00. The number of hydrogen-bond donors (Lipinski definition) is 1. The Morgan fingerprint density at radius 2 is 1.56 bits per heavy atom. The van der Waals surface area contributed by atoms with Crippen molar-refractivity contribution in [1.29, 1.82) is 0 Å². The number of anilines is 2. The molecule has 0 bridgehead atoms. The number of carbonyl (C=O) groups is 1. The minimum atomic E-state index is 0. The predicted octanol–water partition coefficient (Wildman–Crippen LogP) is 0.446. The number of methoxy groups -OCH3 is 1. The molecule has 0 unspecified atom stereocenters. The number of piperidine rings is 1. The van der Waals surface area contributed by atoms with Crippen LogP contribution in [-0.4, -0.2) is 68.6 Å². The van der Waals surface area contributed by atoms with Crippen LogP contribution in [0.2, 0.25) is 0 Å². The standard InChI is InChI=1S/C25H34N4O2.ClH/c1-31-24-8-4-3-7-23(24)29-17-15-28(16-18-29)20-25(30)26-22-11-9-21(10-12-22)19-27-13-5-2-6-14-27;/h3-4,7-12H,2,5-6,13-20H2,1H3,(H,26,30);1H/p-1. The summed E-state index contributed by atoms with van der Waals surface area (Å²) in [5.74, 6) is 0.951. The third-order valence-electron chi connectivity index (χ3n) is 6.26. The number of likely N-dealkylation sites (tertiary alicyclic amines) is 1. The first-order valence-corrected chi connectivity index (χ1v) is 11.4. The lowest BCUT2D eigenvalue weighted by atomic mass is 10.1. The molecule has 0 radical (unpaired) electrons. The normalized spacial score (nSPS) is 17.5. The van der Waals surface area contributed by atoms with Crippen molar-refractivity contribution in [3.63, 3.8) is 0 Å². The van der Waals surface area contributed by atoms with Crippen LogP contribution in [0.5, 0.6) is 5.75 Å². The molecular weight excluding hydrogens is 424 g/mol. The van der Waals surface area contributed by atoms with E-state index in [1.54, 1.807) is 7.11 Å². The van der Waals surface area contributed by atoms with E-state index < -0.39 is 0 Å². The first-order valence-electron chi connectivity index (χ1n) is 11.4. The van der Waals surface area contributed by atoms with Crippen molar-refractivity contribution in [2.45, 2.75) is 25.8 Å². The molecule has 32 heavy (non-hydrogen) atoms. The summed E-state index contributed by atoms with van der Waals surface area (Å²) >= 11 is 0. The Morgan fingerprint density at radius 1 is 0.875 bits per heavy atom. The van der Waals surface area contributed by atoms with Gasteiger partial charge in [-0.2, -0.15) is 0 Å². The molecule has 2 fully saturated rings. The van der Waals surface area contributed by atoms with Gasteiger partial charge in [0.1, 0.15) is 5.75 Å². The maximum absolute atomic E-state index is 12.5. The van der Waals surface area contributed by atoms with Crippen molar-refractivity contribution in [2.24, 2.45) is 0 Å². The fourth-order valence-electron chi connectivity index (χ4n) is 4.51. The van der Waals surface area contributed by atoms with Crippen molar-refractivity contribution >= 4 is 17.3 Å². The highest BCUT2D eigenvalue weighted by atomic mass is 35.5. The van der Waals surface area contributed by atoms with E-state index in [4.69, 9.17) is 4.74 Å². The SMILES string of the molecule is COc1ccccc1N1CCN(CC(=O)Nc2ccc(CN3CCCCC3)cc2)CC1.[Cl-]. The number of benzene rings is 2. The Balaban J connectivity index is 0.00000289. The smallest absolute Gasteiger partial charge is 0.238 e. The Bertz CT molecular complexity index is 847. The van der Waals surface area contributed by atoms with E-state index in [1.165, 1.54) is 37.9 Å². The molecule has 2 aromatic rings. The van der Waals surface area contributed by atoms with Gasteiger partial charge in [0, 0.05) is 38.4 Å². The van der Waals surface area contributed by atoms with Crippen LogP contribution in [0.3, 0.4) is 0 Å². The Labute approximate surface area is 197 Å². The predicted molar refractivity (Wildman–Crippen MR) is 126 cm³/mol. The highest BCUT2D eigenvalue weighted by molar-refractivity contribution is 5.92. The number of nitrogens with one attached hydrogen (secondary N) is 1. The molecule has 0 spiro atoms. The van der Waals surface area contributed by atoms with Crippen molar-refractivity contribution in [3.8, 4) is 5.75 Å². The third-order valence-corrected chi connectivity index (χ3v) is 6.26. The second-order valence-corrected chi connectivity index (χ2v) is 8.52. The molecule has 1 amide bonds. The zero-order valence-electron chi connectivity index (χ0n) is 18.9. The van der Waals surface area contributed by atoms with E-state index in [-0.39, 0.29) is 18.3 Å². The summed E-state index contributed by atoms with van der Waals surface area (Å²) in [6.07, 6.45) is 3.97. The number of nitrogens with zero attached hydrogens (tertiary/aromatic N) is 3. The molecule has 0 aliphatic carbocycles. The van der Waals surface area contributed by atoms with E-state index in [2.05, 4.69) is 38.2 Å². The Kier molecular flexibility index (Phi) is 9.21. The van der Waals surface area contributed by atoms with Crippen LogP contribution < -0.4 is 27.4 Å². The van der Waals surface area contributed by atoms with Gasteiger partial charge in [-0.3, -0.25) is 14.6 Å². The first-order chi connectivity index (χ1) is 15.2. The number of hydrogen-bond acceptors (Lipinski definition) is 5. The summed E-state index contributed by atoms with van der Waals surface area (Å²) < 4.78 is 5.49. The molecule has 2 aromatic carbocycles. The molecule has 174 valence electrons. The van der Waals surface area contributed by atoms with Crippen LogP contribution in [0.1, 0.15) is 24.8 Å². The van der Waals surface area contributed by atoms with Crippen molar-refractivity contribution in [2.75, 3.05) is 63.1 Å². The summed E-state index contributed by atoms with van der Waals surface area (Å²) in [7, 11) is 1.71. The van der Waals surface area contributed by atoms with Gasteiger partial charge in [-0.15, -0.1) is 0 Å². The minimum Gasteiger partial charge on any atom is -1.00 e. The average molecular weight is 458 g/mol. The summed E-state index contributed by atoms with van der Waals surface area (Å²) in [6.45, 7) is 7.32. The van der Waals surface area contributed by atoms with Gasteiger partial charge in [-0.25, -0.2) is 0 Å². The topological polar surface area (TPSA) is 48.1 Å². The number of halogens is 1. The molecule has 2 aliphatic rings. The molecule has 2 aliphatic heterocycles. The number of carbonyl (C=O) groups excluding carboxylic acids is 1. The number of piperazine rings is 1. The molecule has 4 rings (SSSR count). The largest absolute Gasteiger partial charge is 1.00 e. The highest BCUT2D eigenvalue weighted by Crippen LogP contribution is 2.28. The van der Waals surface area contributed by atoms with Gasteiger partial charge in [0.15, 0.2) is 0 Å². The molecule has 7 heteroatoms. The molecule has 0 saturated carbocycles. The number of amides is 1. The first kappa shape index (κ1) is 24.4. The van der Waals surface area contributed by atoms with E-state index in [1.807, 2.05) is 30.3 Å². The van der Waals surface area contributed by atoms with Crippen LogP contribution >= 0.6 is 0 Å². The number of ether oxygens (including phenoxy) is 1. The van der Waals surface area contributed by atoms with Crippen molar-refractivity contribution in [3.05, 3.63) is 54.1 Å². The maximum atomic E-state index is 12.5. The molecule has 2 heterocycles. The molecular formula is C25H34ClN4O2-. The molecule has 0 atom stereocenters. The average Bonchev–Trinajstić information content (AvgIpc) is 2.81. The Morgan fingerprint density at radius 3 is 2.25 bits per heavy atom. The molecule has 2 saturated heterocycles. The maximum Gasteiger partial charge on any atom is 0.238 e. The molecule has 0 aromatic heterocycles. The van der Waals surface area contributed by atoms with Gasteiger partial charge in [0.25, 0.3) is 0 Å². The summed E-state index contributed by atoms with van der Waals surface area (Å²) in [5.41, 5.74) is 3.31. The van der Waals surface area contributed by atoms with E-state index in [0.29, 0.717) is 6.54 Å². The number of rotatable bonds is 7. The summed E-state index contributed by atoms with van der Waals surface area (Å²) in [4.78, 5) is 19.6. The lowest BCUT2D eigenvalue weighted by Gasteiger charge is -2.36. The number of para-hydroxylation sites is 2. The fourth-order valence-corrected chi connectivity index (χ4v) is 4.51.